The van der Waals surface area contributed by atoms with Gasteiger partial charge in [-0.3, -0.25) is 4.99 Å². The first kappa shape index (κ1) is 20.4. The normalized spacial score (nSPS) is 18.7. The van der Waals surface area contributed by atoms with Gasteiger partial charge in [-0.1, -0.05) is 38.3 Å². The van der Waals surface area contributed by atoms with Gasteiger partial charge in [0, 0.05) is 32.7 Å². The molecule has 0 saturated carbocycles. The predicted octanol–water partition coefficient (Wildman–Crippen LogP) is 3.66. The van der Waals surface area contributed by atoms with Crippen molar-refractivity contribution in [3.63, 3.8) is 0 Å². The van der Waals surface area contributed by atoms with Crippen molar-refractivity contribution in [2.24, 2.45) is 10.9 Å². The molecule has 0 aromatic heterocycles. The van der Waals surface area contributed by atoms with Gasteiger partial charge in [0.15, 0.2) is 5.96 Å². The number of unbranched alkanes of at least 4 members (excludes halogenated alkanes) is 2. The van der Waals surface area contributed by atoms with Crippen LogP contribution in [0.15, 0.2) is 29.3 Å². The van der Waals surface area contributed by atoms with E-state index in [1.807, 2.05) is 19.2 Å². The Hall–Kier alpha value is -1.91. The highest BCUT2D eigenvalue weighted by atomic mass is 16.5. The average molecular weight is 361 g/mol. The molecule has 2 N–H and O–H groups in total. The number of methoxy groups -OCH3 is 1. The minimum atomic E-state index is 0.460. The van der Waals surface area contributed by atoms with Crippen LogP contribution in [0.3, 0.4) is 0 Å². The van der Waals surface area contributed by atoms with E-state index in [4.69, 9.17) is 4.74 Å². The third-order valence-electron chi connectivity index (χ3n) is 5.12. The second kappa shape index (κ2) is 10.9. The first-order valence-corrected chi connectivity index (χ1v) is 10.0. The topological polar surface area (TPSA) is 48.9 Å². The number of hydrogen-bond acceptors (Lipinski definition) is 3. The van der Waals surface area contributed by atoms with Crippen LogP contribution in [0.2, 0.25) is 0 Å². The molecule has 146 valence electrons. The molecule has 2 rings (SSSR count). The van der Waals surface area contributed by atoms with Crippen LogP contribution >= 0.6 is 0 Å². The highest BCUT2D eigenvalue weighted by molar-refractivity contribution is 5.79. The first-order chi connectivity index (χ1) is 12.7. The van der Waals surface area contributed by atoms with Gasteiger partial charge in [0.05, 0.1) is 12.8 Å². The highest BCUT2D eigenvalue weighted by Crippen LogP contribution is 2.31. The molecule has 5 nitrogen and oxygen atoms in total. The van der Waals surface area contributed by atoms with Crippen molar-refractivity contribution < 1.29 is 4.74 Å². The van der Waals surface area contributed by atoms with E-state index in [0.29, 0.717) is 12.0 Å². The number of para-hydroxylation sites is 2. The molecular weight excluding hydrogens is 324 g/mol. The molecule has 1 aliphatic heterocycles. The number of nitrogens with one attached hydrogen (secondary N) is 2. The Morgan fingerprint density at radius 3 is 2.88 bits per heavy atom. The van der Waals surface area contributed by atoms with Crippen molar-refractivity contribution in [1.82, 2.24) is 10.6 Å². The third-order valence-corrected chi connectivity index (χ3v) is 5.12. The summed E-state index contributed by atoms with van der Waals surface area (Å²) in [4.78, 5) is 6.81. The van der Waals surface area contributed by atoms with Crippen LogP contribution in [0, 0.1) is 5.92 Å². The molecular formula is C21H36N4O. The van der Waals surface area contributed by atoms with Crippen LogP contribution in [0.4, 0.5) is 5.69 Å². The minimum Gasteiger partial charge on any atom is -0.495 e. The van der Waals surface area contributed by atoms with Gasteiger partial charge < -0.3 is 20.3 Å². The monoisotopic (exact) mass is 360 g/mol. The molecule has 2 unspecified atom stereocenters. The smallest absolute Gasteiger partial charge is 0.191 e. The quantitative estimate of drug-likeness (QED) is 0.401. The van der Waals surface area contributed by atoms with E-state index in [1.54, 1.807) is 7.11 Å². The predicted molar refractivity (Wildman–Crippen MR) is 111 cm³/mol. The Kier molecular flexibility index (Phi) is 8.59. The van der Waals surface area contributed by atoms with E-state index in [1.165, 1.54) is 37.8 Å². The number of guanidine groups is 1. The summed E-state index contributed by atoms with van der Waals surface area (Å²) in [7, 11) is 3.59. The Balaban J connectivity index is 1.77. The zero-order chi connectivity index (χ0) is 18.8. The Morgan fingerprint density at radius 1 is 1.35 bits per heavy atom. The maximum absolute atomic E-state index is 5.51. The zero-order valence-electron chi connectivity index (χ0n) is 16.9. The van der Waals surface area contributed by atoms with Crippen LogP contribution in [-0.2, 0) is 0 Å². The van der Waals surface area contributed by atoms with E-state index in [0.717, 1.165) is 31.3 Å². The lowest BCUT2D eigenvalue weighted by molar-refractivity contribution is 0.414. The molecule has 1 fully saturated rings. The largest absolute Gasteiger partial charge is 0.495 e. The van der Waals surface area contributed by atoms with Gasteiger partial charge in [0.1, 0.15) is 5.75 Å². The summed E-state index contributed by atoms with van der Waals surface area (Å²) in [6.07, 6.45) is 6.23. The molecule has 26 heavy (non-hydrogen) atoms. The molecule has 1 aliphatic rings. The fraction of sp³-hybridized carbons (Fsp3) is 0.667. The Labute approximate surface area is 159 Å². The maximum atomic E-state index is 5.51. The molecule has 2 atom stereocenters. The van der Waals surface area contributed by atoms with Gasteiger partial charge in [-0.15, -0.1) is 0 Å². The van der Waals surface area contributed by atoms with Crippen molar-refractivity contribution in [3.05, 3.63) is 24.3 Å². The lowest BCUT2D eigenvalue weighted by atomic mass is 10.1. The average Bonchev–Trinajstić information content (AvgIpc) is 3.14. The molecule has 1 heterocycles. The highest BCUT2D eigenvalue weighted by Gasteiger charge is 2.24. The molecule has 0 amide bonds. The van der Waals surface area contributed by atoms with E-state index in [9.17, 15) is 0 Å². The summed E-state index contributed by atoms with van der Waals surface area (Å²) in [6.45, 7) is 7.56. The number of ether oxygens (including phenoxy) is 1. The van der Waals surface area contributed by atoms with Gasteiger partial charge >= 0.3 is 0 Å². The van der Waals surface area contributed by atoms with Gasteiger partial charge in [0.2, 0.25) is 0 Å². The van der Waals surface area contributed by atoms with Gasteiger partial charge in [-0.05, 0) is 37.8 Å². The van der Waals surface area contributed by atoms with E-state index in [2.05, 4.69) is 46.5 Å². The summed E-state index contributed by atoms with van der Waals surface area (Å²) in [5, 5.41) is 7.03. The van der Waals surface area contributed by atoms with E-state index in [-0.39, 0.29) is 0 Å². The van der Waals surface area contributed by atoms with E-state index >= 15 is 0 Å². The van der Waals surface area contributed by atoms with Gasteiger partial charge in [-0.25, -0.2) is 0 Å². The van der Waals surface area contributed by atoms with Crippen molar-refractivity contribution in [2.45, 2.75) is 52.0 Å². The fourth-order valence-electron chi connectivity index (χ4n) is 3.55. The number of nitrogens with zero attached hydrogens (tertiary/aromatic N) is 2. The van der Waals surface area contributed by atoms with Crippen molar-refractivity contribution in [1.29, 1.82) is 0 Å². The van der Waals surface area contributed by atoms with Gasteiger partial charge in [-0.2, -0.15) is 0 Å². The van der Waals surface area contributed by atoms with Crippen LogP contribution in [0.25, 0.3) is 0 Å². The number of benzene rings is 1. The summed E-state index contributed by atoms with van der Waals surface area (Å²) >= 11 is 0. The number of hydrogen-bond donors (Lipinski definition) is 2. The second-order valence-electron chi connectivity index (χ2n) is 7.27. The Morgan fingerprint density at radius 2 is 2.15 bits per heavy atom. The van der Waals surface area contributed by atoms with E-state index < -0.39 is 0 Å². The maximum Gasteiger partial charge on any atom is 0.191 e. The molecule has 0 aliphatic carbocycles. The van der Waals surface area contributed by atoms with Crippen molar-refractivity contribution >= 4 is 11.6 Å². The molecule has 0 bridgehead atoms. The molecule has 5 heteroatoms. The number of rotatable bonds is 9. The lowest BCUT2D eigenvalue weighted by Crippen LogP contribution is -2.44. The zero-order valence-corrected chi connectivity index (χ0v) is 16.9. The SMILES string of the molecule is CCCCCC(C)NC(=NC)NCC1CCN(c2ccccc2OC)C1. The summed E-state index contributed by atoms with van der Waals surface area (Å²) in [6, 6.07) is 8.74. The molecule has 0 spiro atoms. The van der Waals surface area contributed by atoms with Crippen molar-refractivity contribution in [3.8, 4) is 5.75 Å². The first-order valence-electron chi connectivity index (χ1n) is 10.0. The minimum absolute atomic E-state index is 0.460. The summed E-state index contributed by atoms with van der Waals surface area (Å²) in [5.41, 5.74) is 1.20. The van der Waals surface area contributed by atoms with Crippen LogP contribution in [-0.4, -0.2) is 45.8 Å². The second-order valence-corrected chi connectivity index (χ2v) is 7.27. The van der Waals surface area contributed by atoms with Crippen LogP contribution in [0.1, 0.15) is 46.0 Å². The van der Waals surface area contributed by atoms with Gasteiger partial charge in [0.25, 0.3) is 0 Å². The Bertz CT molecular complexity index is 561. The number of aliphatic imine (C=N–C) groups is 1. The van der Waals surface area contributed by atoms with Crippen LogP contribution in [0.5, 0.6) is 5.75 Å². The molecule has 0 radical (unpaired) electrons. The third kappa shape index (κ3) is 6.11. The number of anilines is 1. The lowest BCUT2D eigenvalue weighted by Gasteiger charge is -2.22. The van der Waals surface area contributed by atoms with Crippen molar-refractivity contribution in [2.75, 3.05) is 38.7 Å². The fourth-order valence-corrected chi connectivity index (χ4v) is 3.55. The molecule has 1 aromatic carbocycles. The standard InChI is InChI=1S/C21H36N4O/c1-5-6-7-10-17(2)24-21(22-3)23-15-18-13-14-25(16-18)19-11-8-9-12-20(19)26-4/h8-9,11-12,17-18H,5-7,10,13-16H2,1-4H3,(H2,22,23,24). The van der Waals surface area contributed by atoms with Crippen LogP contribution < -0.4 is 20.3 Å². The molecule has 1 aromatic rings. The summed E-state index contributed by atoms with van der Waals surface area (Å²) in [5.74, 6) is 2.50. The summed E-state index contributed by atoms with van der Waals surface area (Å²) < 4.78 is 5.51. The molecule has 1 saturated heterocycles.